The SMILES string of the molecule is CCc1cc2oc(=O)cc(CSc3nccn3CC)c2cc1Cl. The van der Waals surface area contributed by atoms with Crippen molar-refractivity contribution in [3.05, 3.63) is 57.2 Å². The molecule has 120 valence electrons. The predicted octanol–water partition coefficient (Wildman–Crippen LogP) is 4.52. The summed E-state index contributed by atoms with van der Waals surface area (Å²) in [5.74, 6) is 0.640. The van der Waals surface area contributed by atoms with Crippen molar-refractivity contribution in [1.29, 1.82) is 0 Å². The Labute approximate surface area is 143 Å². The number of hydrogen-bond acceptors (Lipinski definition) is 4. The summed E-state index contributed by atoms with van der Waals surface area (Å²) < 4.78 is 7.41. The summed E-state index contributed by atoms with van der Waals surface area (Å²) in [6.07, 6.45) is 4.53. The number of thioether (sulfide) groups is 1. The van der Waals surface area contributed by atoms with Crippen LogP contribution in [-0.4, -0.2) is 9.55 Å². The Hall–Kier alpha value is -1.72. The number of nitrogens with zero attached hydrogens (tertiary/aromatic N) is 2. The van der Waals surface area contributed by atoms with Gasteiger partial charge in [0.25, 0.3) is 0 Å². The van der Waals surface area contributed by atoms with Crippen LogP contribution in [0, 0.1) is 0 Å². The van der Waals surface area contributed by atoms with Crippen molar-refractivity contribution in [3.63, 3.8) is 0 Å². The van der Waals surface area contributed by atoms with E-state index in [1.807, 2.05) is 25.3 Å². The van der Waals surface area contributed by atoms with Crippen LogP contribution in [-0.2, 0) is 18.7 Å². The number of rotatable bonds is 5. The topological polar surface area (TPSA) is 48.0 Å². The van der Waals surface area contributed by atoms with E-state index in [9.17, 15) is 4.79 Å². The van der Waals surface area contributed by atoms with Crippen LogP contribution in [0.5, 0.6) is 0 Å². The van der Waals surface area contributed by atoms with Gasteiger partial charge in [0.15, 0.2) is 5.16 Å². The molecule has 2 heterocycles. The van der Waals surface area contributed by atoms with Gasteiger partial charge in [0, 0.05) is 41.2 Å². The van der Waals surface area contributed by atoms with E-state index in [-0.39, 0.29) is 5.63 Å². The Morgan fingerprint density at radius 3 is 2.83 bits per heavy atom. The lowest BCUT2D eigenvalue weighted by molar-refractivity contribution is 0.559. The molecule has 0 aliphatic heterocycles. The van der Waals surface area contributed by atoms with Gasteiger partial charge in [-0.15, -0.1) is 0 Å². The van der Waals surface area contributed by atoms with Crippen LogP contribution in [0.3, 0.4) is 0 Å². The number of fused-ring (bicyclic) bond motifs is 1. The van der Waals surface area contributed by atoms with Gasteiger partial charge < -0.3 is 8.98 Å². The minimum Gasteiger partial charge on any atom is -0.423 e. The highest BCUT2D eigenvalue weighted by molar-refractivity contribution is 7.98. The first-order chi connectivity index (χ1) is 11.1. The molecule has 0 spiro atoms. The molecule has 0 radical (unpaired) electrons. The average molecular weight is 349 g/mol. The fourth-order valence-electron chi connectivity index (χ4n) is 2.50. The van der Waals surface area contributed by atoms with Crippen molar-refractivity contribution in [2.24, 2.45) is 0 Å². The zero-order valence-corrected chi connectivity index (χ0v) is 14.6. The van der Waals surface area contributed by atoms with Crippen molar-refractivity contribution >= 4 is 34.3 Å². The van der Waals surface area contributed by atoms with Crippen LogP contribution in [0.1, 0.15) is 25.0 Å². The van der Waals surface area contributed by atoms with Gasteiger partial charge >= 0.3 is 5.63 Å². The molecule has 4 nitrogen and oxygen atoms in total. The van der Waals surface area contributed by atoms with Crippen LogP contribution in [0.4, 0.5) is 0 Å². The molecule has 6 heteroatoms. The van der Waals surface area contributed by atoms with Gasteiger partial charge in [-0.25, -0.2) is 9.78 Å². The van der Waals surface area contributed by atoms with E-state index in [1.165, 1.54) is 6.07 Å². The number of hydrogen-bond donors (Lipinski definition) is 0. The van der Waals surface area contributed by atoms with Crippen molar-refractivity contribution in [2.75, 3.05) is 0 Å². The number of imidazole rings is 1. The minimum absolute atomic E-state index is 0.337. The highest BCUT2D eigenvalue weighted by Crippen LogP contribution is 2.29. The first-order valence-electron chi connectivity index (χ1n) is 7.51. The maximum atomic E-state index is 11.8. The standard InChI is InChI=1S/C17H17ClN2O2S/c1-3-11-7-15-13(9-14(11)18)12(8-16(21)22-15)10-23-17-19-5-6-20(17)4-2/h5-9H,3-4,10H2,1-2H3. The zero-order chi connectivity index (χ0) is 16.4. The molecule has 2 aromatic heterocycles. The second-order valence-corrected chi connectivity index (χ2v) is 6.52. The third kappa shape index (κ3) is 3.31. The number of benzene rings is 1. The summed E-state index contributed by atoms with van der Waals surface area (Å²) in [5.41, 5.74) is 2.15. The molecule has 0 fully saturated rings. The minimum atomic E-state index is -0.337. The van der Waals surface area contributed by atoms with Gasteiger partial charge in [0.1, 0.15) is 5.58 Å². The van der Waals surface area contributed by atoms with Crippen molar-refractivity contribution in [2.45, 2.75) is 37.7 Å². The van der Waals surface area contributed by atoms with Crippen molar-refractivity contribution < 1.29 is 4.42 Å². The van der Waals surface area contributed by atoms with Crippen LogP contribution in [0.15, 0.2) is 45.0 Å². The molecule has 0 N–H and O–H groups in total. The Bertz CT molecular complexity index is 901. The van der Waals surface area contributed by atoms with Crippen LogP contribution in [0.25, 0.3) is 11.0 Å². The van der Waals surface area contributed by atoms with E-state index in [2.05, 4.69) is 16.5 Å². The monoisotopic (exact) mass is 348 g/mol. The number of aromatic nitrogens is 2. The Morgan fingerprint density at radius 2 is 2.09 bits per heavy atom. The summed E-state index contributed by atoms with van der Waals surface area (Å²) in [7, 11) is 0. The summed E-state index contributed by atoms with van der Waals surface area (Å²) >= 11 is 7.92. The molecule has 0 saturated carbocycles. The van der Waals surface area contributed by atoms with Gasteiger partial charge in [-0.05, 0) is 36.6 Å². The number of halogens is 1. The fourth-order valence-corrected chi connectivity index (χ4v) is 3.81. The summed E-state index contributed by atoms with van der Waals surface area (Å²) in [6, 6.07) is 5.29. The lowest BCUT2D eigenvalue weighted by Gasteiger charge is -2.09. The Morgan fingerprint density at radius 1 is 1.26 bits per heavy atom. The largest absolute Gasteiger partial charge is 0.423 e. The molecular formula is C17H17ClN2O2S. The average Bonchev–Trinajstić information content (AvgIpc) is 3.00. The van der Waals surface area contributed by atoms with E-state index in [4.69, 9.17) is 16.0 Å². The van der Waals surface area contributed by atoms with E-state index < -0.39 is 0 Å². The van der Waals surface area contributed by atoms with E-state index >= 15 is 0 Å². The maximum absolute atomic E-state index is 11.8. The molecular weight excluding hydrogens is 332 g/mol. The Balaban J connectivity index is 1.99. The molecule has 3 rings (SSSR count). The lowest BCUT2D eigenvalue weighted by atomic mass is 10.1. The summed E-state index contributed by atoms with van der Waals surface area (Å²) in [5, 5.41) is 2.52. The van der Waals surface area contributed by atoms with E-state index in [0.717, 1.165) is 34.6 Å². The van der Waals surface area contributed by atoms with Gasteiger partial charge in [0.2, 0.25) is 0 Å². The highest BCUT2D eigenvalue weighted by atomic mass is 35.5. The van der Waals surface area contributed by atoms with Gasteiger partial charge in [0.05, 0.1) is 0 Å². The molecule has 0 aliphatic rings. The van der Waals surface area contributed by atoms with Gasteiger partial charge in [-0.1, -0.05) is 30.3 Å². The maximum Gasteiger partial charge on any atom is 0.336 e. The van der Waals surface area contributed by atoms with Crippen LogP contribution in [0.2, 0.25) is 5.02 Å². The third-order valence-corrected chi connectivity index (χ3v) is 5.16. The third-order valence-electron chi connectivity index (χ3n) is 3.75. The van der Waals surface area contributed by atoms with Crippen molar-refractivity contribution in [1.82, 2.24) is 9.55 Å². The molecule has 0 bridgehead atoms. The van der Waals surface area contributed by atoms with Gasteiger partial charge in [-0.3, -0.25) is 0 Å². The van der Waals surface area contributed by atoms with E-state index in [0.29, 0.717) is 16.4 Å². The van der Waals surface area contributed by atoms with Crippen LogP contribution >= 0.6 is 23.4 Å². The second-order valence-electron chi connectivity index (χ2n) is 5.17. The van der Waals surface area contributed by atoms with Gasteiger partial charge in [-0.2, -0.15) is 0 Å². The summed E-state index contributed by atoms with van der Waals surface area (Å²) in [4.78, 5) is 16.2. The normalized spacial score (nSPS) is 11.3. The molecule has 0 atom stereocenters. The molecule has 0 saturated heterocycles. The fraction of sp³-hybridized carbons (Fsp3) is 0.294. The van der Waals surface area contributed by atoms with Crippen LogP contribution < -0.4 is 5.63 Å². The lowest BCUT2D eigenvalue weighted by Crippen LogP contribution is -2.01. The molecule has 0 unspecified atom stereocenters. The molecule has 23 heavy (non-hydrogen) atoms. The second kappa shape index (κ2) is 6.81. The first kappa shape index (κ1) is 16.1. The van der Waals surface area contributed by atoms with Crippen molar-refractivity contribution in [3.8, 4) is 0 Å². The molecule has 1 aromatic carbocycles. The molecule has 0 amide bonds. The smallest absolute Gasteiger partial charge is 0.336 e. The summed E-state index contributed by atoms with van der Waals surface area (Å²) in [6.45, 7) is 4.96. The first-order valence-corrected chi connectivity index (χ1v) is 8.87. The zero-order valence-electron chi connectivity index (χ0n) is 13.0. The Kier molecular flexibility index (Phi) is 4.78. The number of aryl methyl sites for hydroxylation is 2. The quantitative estimate of drug-likeness (QED) is 0.502. The molecule has 0 aliphatic carbocycles. The highest BCUT2D eigenvalue weighted by Gasteiger charge is 2.11. The molecule has 3 aromatic rings. The predicted molar refractivity (Wildman–Crippen MR) is 94.3 cm³/mol. The van der Waals surface area contributed by atoms with E-state index in [1.54, 1.807) is 18.0 Å².